The fourth-order valence-electron chi connectivity index (χ4n) is 2.91. The largest absolute Gasteiger partial charge is 0.366 e. The van der Waals surface area contributed by atoms with Crippen LogP contribution in [-0.4, -0.2) is 62.6 Å². The first-order valence-corrected chi connectivity index (χ1v) is 9.45. The number of nitrogens with zero attached hydrogens (tertiary/aromatic N) is 3. The van der Waals surface area contributed by atoms with E-state index in [1.165, 1.54) is 6.07 Å². The molecule has 0 saturated carbocycles. The summed E-state index contributed by atoms with van der Waals surface area (Å²) in [5.74, 6) is 0.680. The molecule has 1 aliphatic rings. The predicted octanol–water partition coefficient (Wildman–Crippen LogP) is 1.83. The van der Waals surface area contributed by atoms with E-state index in [4.69, 9.17) is 0 Å². The SMILES string of the molecule is CCCNC(=O)CCN=C(NCC)N1CCN(c2ccccc2F)CC1. The van der Waals surface area contributed by atoms with Gasteiger partial charge in [-0.05, 0) is 25.5 Å². The third-order valence-electron chi connectivity index (χ3n) is 4.28. The highest BCUT2D eigenvalue weighted by atomic mass is 19.1. The van der Waals surface area contributed by atoms with Gasteiger partial charge in [-0.3, -0.25) is 9.79 Å². The number of aliphatic imine (C=N–C) groups is 1. The monoisotopic (exact) mass is 363 g/mol. The Morgan fingerprint density at radius 1 is 1.15 bits per heavy atom. The van der Waals surface area contributed by atoms with Gasteiger partial charge in [0.1, 0.15) is 5.82 Å². The smallest absolute Gasteiger partial charge is 0.221 e. The van der Waals surface area contributed by atoms with Crippen LogP contribution in [0.4, 0.5) is 10.1 Å². The summed E-state index contributed by atoms with van der Waals surface area (Å²) >= 11 is 0. The van der Waals surface area contributed by atoms with Crippen LogP contribution in [0.25, 0.3) is 0 Å². The van der Waals surface area contributed by atoms with E-state index in [1.54, 1.807) is 6.07 Å². The van der Waals surface area contributed by atoms with Gasteiger partial charge in [0.05, 0.1) is 12.2 Å². The molecule has 0 bridgehead atoms. The maximum atomic E-state index is 14.0. The van der Waals surface area contributed by atoms with Gasteiger partial charge in [0, 0.05) is 45.7 Å². The van der Waals surface area contributed by atoms with Crippen LogP contribution >= 0.6 is 0 Å². The lowest BCUT2D eigenvalue weighted by Gasteiger charge is -2.37. The average molecular weight is 363 g/mol. The van der Waals surface area contributed by atoms with Gasteiger partial charge >= 0.3 is 0 Å². The Kier molecular flexibility index (Phi) is 8.18. The second kappa shape index (κ2) is 10.6. The molecule has 0 unspecified atom stereocenters. The van der Waals surface area contributed by atoms with E-state index in [0.717, 1.165) is 45.1 Å². The topological polar surface area (TPSA) is 60.0 Å². The molecule has 0 aliphatic carbocycles. The Balaban J connectivity index is 1.88. The second-order valence-corrected chi connectivity index (χ2v) is 6.26. The van der Waals surface area contributed by atoms with E-state index in [-0.39, 0.29) is 11.7 Å². The highest BCUT2D eigenvalue weighted by Crippen LogP contribution is 2.20. The quantitative estimate of drug-likeness (QED) is 0.573. The number of hydrogen-bond acceptors (Lipinski definition) is 3. The van der Waals surface area contributed by atoms with Crippen LogP contribution in [-0.2, 0) is 4.79 Å². The summed E-state index contributed by atoms with van der Waals surface area (Å²) in [5, 5.41) is 6.15. The van der Waals surface area contributed by atoms with Crippen molar-refractivity contribution in [1.82, 2.24) is 15.5 Å². The van der Waals surface area contributed by atoms with Crippen LogP contribution in [0.15, 0.2) is 29.3 Å². The molecule has 2 N–H and O–H groups in total. The summed E-state index contributed by atoms with van der Waals surface area (Å²) < 4.78 is 14.0. The number of rotatable bonds is 7. The zero-order valence-corrected chi connectivity index (χ0v) is 15.8. The molecule has 144 valence electrons. The third kappa shape index (κ3) is 5.89. The Morgan fingerprint density at radius 2 is 1.88 bits per heavy atom. The summed E-state index contributed by atoms with van der Waals surface area (Å²) in [5.41, 5.74) is 0.654. The number of amides is 1. The lowest BCUT2D eigenvalue weighted by Crippen LogP contribution is -2.52. The summed E-state index contributed by atoms with van der Waals surface area (Å²) in [6.45, 7) is 9.01. The average Bonchev–Trinajstić information content (AvgIpc) is 2.66. The van der Waals surface area contributed by atoms with Gasteiger partial charge in [-0.2, -0.15) is 0 Å². The summed E-state index contributed by atoms with van der Waals surface area (Å²) in [6.07, 6.45) is 1.33. The third-order valence-corrected chi connectivity index (χ3v) is 4.28. The second-order valence-electron chi connectivity index (χ2n) is 6.26. The summed E-state index contributed by atoms with van der Waals surface area (Å²) in [4.78, 5) is 20.5. The van der Waals surface area contributed by atoms with E-state index in [2.05, 4.69) is 25.4 Å². The maximum absolute atomic E-state index is 14.0. The Bertz CT molecular complexity index is 599. The molecule has 0 spiro atoms. The highest BCUT2D eigenvalue weighted by molar-refractivity contribution is 5.81. The number of carbonyl (C=O) groups is 1. The van der Waals surface area contributed by atoms with Crippen molar-refractivity contribution in [3.05, 3.63) is 30.1 Å². The van der Waals surface area contributed by atoms with Crippen molar-refractivity contribution in [3.8, 4) is 0 Å². The molecule has 1 aromatic carbocycles. The molecule has 1 heterocycles. The van der Waals surface area contributed by atoms with Gasteiger partial charge in [-0.1, -0.05) is 19.1 Å². The normalized spacial score (nSPS) is 15.1. The maximum Gasteiger partial charge on any atom is 0.221 e. The highest BCUT2D eigenvalue weighted by Gasteiger charge is 2.21. The Hall–Kier alpha value is -2.31. The van der Waals surface area contributed by atoms with Crippen molar-refractivity contribution in [2.75, 3.05) is 50.7 Å². The molecule has 1 amide bonds. The van der Waals surface area contributed by atoms with Gasteiger partial charge in [0.2, 0.25) is 5.91 Å². The fraction of sp³-hybridized carbons (Fsp3) is 0.579. The number of guanidine groups is 1. The Labute approximate surface area is 155 Å². The van der Waals surface area contributed by atoms with E-state index >= 15 is 0 Å². The minimum absolute atomic E-state index is 0.0378. The molecule has 1 fully saturated rings. The molecule has 1 saturated heterocycles. The minimum atomic E-state index is -0.181. The molecule has 0 atom stereocenters. The Morgan fingerprint density at radius 3 is 2.54 bits per heavy atom. The lowest BCUT2D eigenvalue weighted by atomic mass is 10.2. The molecule has 0 radical (unpaired) electrons. The number of carbonyl (C=O) groups excluding carboxylic acids is 1. The zero-order chi connectivity index (χ0) is 18.8. The molecule has 1 aliphatic heterocycles. The minimum Gasteiger partial charge on any atom is -0.366 e. The van der Waals surface area contributed by atoms with Crippen molar-refractivity contribution in [2.24, 2.45) is 4.99 Å². The van der Waals surface area contributed by atoms with Crippen molar-refractivity contribution in [2.45, 2.75) is 26.7 Å². The molecule has 7 heteroatoms. The number of halogens is 1. The number of hydrogen-bond donors (Lipinski definition) is 2. The van der Waals surface area contributed by atoms with Crippen LogP contribution in [0.1, 0.15) is 26.7 Å². The van der Waals surface area contributed by atoms with Gasteiger partial charge < -0.3 is 20.4 Å². The summed E-state index contributed by atoms with van der Waals surface area (Å²) in [6, 6.07) is 6.89. The number of benzene rings is 1. The van der Waals surface area contributed by atoms with Gasteiger partial charge in [0.25, 0.3) is 0 Å². The van der Waals surface area contributed by atoms with Crippen LogP contribution in [0.3, 0.4) is 0 Å². The number of anilines is 1. The predicted molar refractivity (Wildman–Crippen MR) is 104 cm³/mol. The van der Waals surface area contributed by atoms with Crippen molar-refractivity contribution >= 4 is 17.6 Å². The molecule has 2 rings (SSSR count). The molecule has 1 aromatic rings. The number of piperazine rings is 1. The number of para-hydroxylation sites is 1. The molecule has 6 nitrogen and oxygen atoms in total. The standard InChI is InChI=1S/C19H30FN5O/c1-3-10-22-18(26)9-11-23-19(21-4-2)25-14-12-24(13-15-25)17-8-6-5-7-16(17)20/h5-8H,3-4,9-15H2,1-2H3,(H,21,23)(H,22,26). The molecule has 0 aromatic heterocycles. The first-order valence-electron chi connectivity index (χ1n) is 9.45. The molecular weight excluding hydrogens is 333 g/mol. The van der Waals surface area contributed by atoms with Gasteiger partial charge in [0.15, 0.2) is 5.96 Å². The zero-order valence-electron chi connectivity index (χ0n) is 15.8. The fourth-order valence-corrected chi connectivity index (χ4v) is 2.91. The van der Waals surface area contributed by atoms with Crippen molar-refractivity contribution in [1.29, 1.82) is 0 Å². The molecule has 26 heavy (non-hydrogen) atoms. The first-order chi connectivity index (χ1) is 12.7. The lowest BCUT2D eigenvalue weighted by molar-refractivity contribution is -0.120. The van der Waals surface area contributed by atoms with Gasteiger partial charge in [-0.25, -0.2) is 4.39 Å². The summed E-state index contributed by atoms with van der Waals surface area (Å²) in [7, 11) is 0. The van der Waals surface area contributed by atoms with E-state index in [9.17, 15) is 9.18 Å². The van der Waals surface area contributed by atoms with Crippen LogP contribution in [0.2, 0.25) is 0 Å². The van der Waals surface area contributed by atoms with Crippen LogP contribution in [0, 0.1) is 5.82 Å². The number of nitrogens with one attached hydrogen (secondary N) is 2. The van der Waals surface area contributed by atoms with Gasteiger partial charge in [-0.15, -0.1) is 0 Å². The van der Waals surface area contributed by atoms with Crippen LogP contribution in [0.5, 0.6) is 0 Å². The first kappa shape index (κ1) is 20.0. The van der Waals surface area contributed by atoms with Crippen LogP contribution < -0.4 is 15.5 Å². The van der Waals surface area contributed by atoms with Crippen molar-refractivity contribution in [3.63, 3.8) is 0 Å². The van der Waals surface area contributed by atoms with Crippen molar-refractivity contribution < 1.29 is 9.18 Å². The van der Waals surface area contributed by atoms with E-state index in [1.807, 2.05) is 26.0 Å². The molecular formula is C19H30FN5O. The van der Waals surface area contributed by atoms with E-state index in [0.29, 0.717) is 25.2 Å². The van der Waals surface area contributed by atoms with E-state index < -0.39 is 0 Å².